The Kier molecular flexibility index (Phi) is 5.51. The molecule has 0 unspecified atom stereocenters. The number of rotatable bonds is 6. The maximum Gasteiger partial charge on any atom is 0.222 e. The monoisotopic (exact) mass is 327 g/mol. The quantitative estimate of drug-likeness (QED) is 0.819. The summed E-state index contributed by atoms with van der Waals surface area (Å²) in [5, 5.41) is 0. The molecule has 0 N–H and O–H groups in total. The van der Waals surface area contributed by atoms with E-state index in [0.717, 1.165) is 38.1 Å². The van der Waals surface area contributed by atoms with Crippen LogP contribution in [-0.2, 0) is 11.2 Å². The van der Waals surface area contributed by atoms with Crippen molar-refractivity contribution in [1.82, 2.24) is 14.5 Å². The van der Waals surface area contributed by atoms with Crippen molar-refractivity contribution in [2.75, 3.05) is 19.7 Å². The van der Waals surface area contributed by atoms with E-state index in [-0.39, 0.29) is 5.91 Å². The number of likely N-dealkylation sites (tertiary alicyclic amines) is 1. The number of nitrogens with zero attached hydrogens (tertiary/aromatic N) is 3. The molecule has 1 aromatic carbocycles. The van der Waals surface area contributed by atoms with Gasteiger partial charge in [-0.25, -0.2) is 4.98 Å². The van der Waals surface area contributed by atoms with Crippen molar-refractivity contribution < 1.29 is 9.53 Å². The number of amides is 1. The second-order valence-electron chi connectivity index (χ2n) is 6.20. The van der Waals surface area contributed by atoms with Gasteiger partial charge in [0, 0.05) is 37.9 Å². The summed E-state index contributed by atoms with van der Waals surface area (Å²) in [7, 11) is 0. The Morgan fingerprint density at radius 1 is 1.25 bits per heavy atom. The topological polar surface area (TPSA) is 47.4 Å². The largest absolute Gasteiger partial charge is 0.494 e. The first kappa shape index (κ1) is 16.6. The van der Waals surface area contributed by atoms with Gasteiger partial charge in [0.1, 0.15) is 5.75 Å². The summed E-state index contributed by atoms with van der Waals surface area (Å²) in [4.78, 5) is 18.5. The van der Waals surface area contributed by atoms with Crippen LogP contribution in [0.25, 0.3) is 0 Å². The van der Waals surface area contributed by atoms with E-state index in [9.17, 15) is 4.79 Å². The van der Waals surface area contributed by atoms with Gasteiger partial charge in [0.2, 0.25) is 5.91 Å². The van der Waals surface area contributed by atoms with Crippen LogP contribution in [0.5, 0.6) is 5.75 Å². The first-order valence-corrected chi connectivity index (χ1v) is 8.73. The third kappa shape index (κ3) is 4.16. The molecular weight excluding hydrogens is 302 g/mol. The molecule has 1 aromatic heterocycles. The van der Waals surface area contributed by atoms with E-state index >= 15 is 0 Å². The van der Waals surface area contributed by atoms with Crippen LogP contribution in [0.3, 0.4) is 0 Å². The molecule has 0 atom stereocenters. The molecule has 1 aliphatic heterocycles. The van der Waals surface area contributed by atoms with Gasteiger partial charge in [-0.1, -0.05) is 12.1 Å². The number of ether oxygens (including phenoxy) is 1. The average Bonchev–Trinajstić information content (AvgIpc) is 3.16. The van der Waals surface area contributed by atoms with E-state index in [4.69, 9.17) is 4.74 Å². The molecular formula is C19H25N3O2. The second-order valence-corrected chi connectivity index (χ2v) is 6.20. The number of hydrogen-bond acceptors (Lipinski definition) is 3. The third-order valence-corrected chi connectivity index (χ3v) is 4.63. The number of hydrogen-bond donors (Lipinski definition) is 0. The number of aromatic nitrogens is 2. The third-order valence-electron chi connectivity index (χ3n) is 4.63. The van der Waals surface area contributed by atoms with E-state index in [0.29, 0.717) is 19.1 Å². The molecule has 2 heterocycles. The van der Waals surface area contributed by atoms with E-state index in [1.165, 1.54) is 5.56 Å². The van der Waals surface area contributed by atoms with Crippen LogP contribution in [0.1, 0.15) is 37.8 Å². The van der Waals surface area contributed by atoms with Crippen LogP contribution in [0.15, 0.2) is 43.0 Å². The molecule has 1 fully saturated rings. The number of carbonyl (C=O) groups is 1. The summed E-state index contributed by atoms with van der Waals surface area (Å²) >= 11 is 0. The smallest absolute Gasteiger partial charge is 0.222 e. The van der Waals surface area contributed by atoms with Crippen molar-refractivity contribution >= 4 is 5.91 Å². The van der Waals surface area contributed by atoms with Crippen molar-refractivity contribution in [2.24, 2.45) is 0 Å². The minimum Gasteiger partial charge on any atom is -0.494 e. The maximum absolute atomic E-state index is 12.4. The summed E-state index contributed by atoms with van der Waals surface area (Å²) in [5.74, 6) is 1.14. The fourth-order valence-electron chi connectivity index (χ4n) is 3.23. The zero-order valence-electron chi connectivity index (χ0n) is 14.2. The molecule has 1 aliphatic rings. The van der Waals surface area contributed by atoms with E-state index < -0.39 is 0 Å². The predicted molar refractivity (Wildman–Crippen MR) is 93.0 cm³/mol. The summed E-state index contributed by atoms with van der Waals surface area (Å²) in [5.41, 5.74) is 1.18. The molecule has 0 spiro atoms. The van der Waals surface area contributed by atoms with Gasteiger partial charge in [0.15, 0.2) is 0 Å². The second kappa shape index (κ2) is 7.99. The lowest BCUT2D eigenvalue weighted by molar-refractivity contribution is -0.132. The van der Waals surface area contributed by atoms with Crippen molar-refractivity contribution in [3.63, 3.8) is 0 Å². The fourth-order valence-corrected chi connectivity index (χ4v) is 3.23. The van der Waals surface area contributed by atoms with Crippen LogP contribution in [0.2, 0.25) is 0 Å². The maximum atomic E-state index is 12.4. The van der Waals surface area contributed by atoms with Gasteiger partial charge in [0.25, 0.3) is 0 Å². The van der Waals surface area contributed by atoms with Crippen LogP contribution < -0.4 is 4.74 Å². The molecule has 0 radical (unpaired) electrons. The van der Waals surface area contributed by atoms with Crippen molar-refractivity contribution in [1.29, 1.82) is 0 Å². The highest BCUT2D eigenvalue weighted by molar-refractivity contribution is 5.76. The van der Waals surface area contributed by atoms with Gasteiger partial charge in [-0.15, -0.1) is 0 Å². The summed E-state index contributed by atoms with van der Waals surface area (Å²) < 4.78 is 7.60. The number of carbonyl (C=O) groups excluding carboxylic acids is 1. The van der Waals surface area contributed by atoms with Gasteiger partial charge in [-0.3, -0.25) is 4.79 Å². The van der Waals surface area contributed by atoms with Crippen molar-refractivity contribution in [3.8, 4) is 5.75 Å². The molecule has 0 aliphatic carbocycles. The molecule has 2 aromatic rings. The molecule has 1 amide bonds. The molecule has 5 heteroatoms. The standard InChI is InChI=1S/C19H25N3O2/c1-2-24-18-6-3-16(4-7-18)5-8-19(23)21-12-9-17(10-13-21)22-14-11-20-15-22/h3-4,6-7,11,14-15,17H,2,5,8-10,12-13H2,1H3. The normalized spacial score (nSPS) is 15.5. The highest BCUT2D eigenvalue weighted by atomic mass is 16.5. The van der Waals surface area contributed by atoms with Gasteiger partial charge >= 0.3 is 0 Å². The Labute approximate surface area is 143 Å². The number of piperidine rings is 1. The molecule has 5 nitrogen and oxygen atoms in total. The van der Waals surface area contributed by atoms with Gasteiger partial charge < -0.3 is 14.2 Å². The van der Waals surface area contributed by atoms with Crippen LogP contribution in [0.4, 0.5) is 0 Å². The molecule has 3 rings (SSSR count). The molecule has 0 saturated carbocycles. The van der Waals surface area contributed by atoms with Crippen LogP contribution >= 0.6 is 0 Å². The Balaban J connectivity index is 1.44. The first-order valence-electron chi connectivity index (χ1n) is 8.73. The lowest BCUT2D eigenvalue weighted by Crippen LogP contribution is -2.39. The fraction of sp³-hybridized carbons (Fsp3) is 0.474. The van der Waals surface area contributed by atoms with E-state index in [1.807, 2.05) is 54.8 Å². The van der Waals surface area contributed by atoms with E-state index in [1.54, 1.807) is 0 Å². The number of imidazole rings is 1. The SMILES string of the molecule is CCOc1ccc(CCC(=O)N2CCC(n3ccnc3)CC2)cc1. The summed E-state index contributed by atoms with van der Waals surface area (Å²) in [6, 6.07) is 8.51. The number of aryl methyl sites for hydroxylation is 1. The first-order chi connectivity index (χ1) is 11.8. The van der Waals surface area contributed by atoms with Gasteiger partial charge in [-0.2, -0.15) is 0 Å². The lowest BCUT2D eigenvalue weighted by atomic mass is 10.0. The lowest BCUT2D eigenvalue weighted by Gasteiger charge is -2.32. The average molecular weight is 327 g/mol. The molecule has 0 bridgehead atoms. The van der Waals surface area contributed by atoms with Crippen molar-refractivity contribution in [2.45, 2.75) is 38.6 Å². The Morgan fingerprint density at radius 3 is 2.62 bits per heavy atom. The number of benzene rings is 1. The Hall–Kier alpha value is -2.30. The highest BCUT2D eigenvalue weighted by Crippen LogP contribution is 2.22. The van der Waals surface area contributed by atoms with E-state index in [2.05, 4.69) is 9.55 Å². The molecule has 1 saturated heterocycles. The minimum absolute atomic E-state index is 0.257. The molecule has 24 heavy (non-hydrogen) atoms. The van der Waals surface area contributed by atoms with Gasteiger partial charge in [0.05, 0.1) is 12.9 Å². The highest BCUT2D eigenvalue weighted by Gasteiger charge is 2.23. The summed E-state index contributed by atoms with van der Waals surface area (Å²) in [6.45, 7) is 4.32. The predicted octanol–water partition coefficient (Wildman–Crippen LogP) is 3.08. The zero-order chi connectivity index (χ0) is 16.8. The minimum atomic E-state index is 0.257. The van der Waals surface area contributed by atoms with Crippen LogP contribution in [0, 0.1) is 0 Å². The Bertz CT molecular complexity index is 629. The molecule has 128 valence electrons. The van der Waals surface area contributed by atoms with Gasteiger partial charge in [-0.05, 0) is 43.9 Å². The summed E-state index contributed by atoms with van der Waals surface area (Å²) in [6.07, 6.45) is 9.06. The zero-order valence-corrected chi connectivity index (χ0v) is 14.2. The van der Waals surface area contributed by atoms with Crippen molar-refractivity contribution in [3.05, 3.63) is 48.5 Å². The van der Waals surface area contributed by atoms with Crippen LogP contribution in [-0.4, -0.2) is 40.1 Å². The Morgan fingerprint density at radius 2 is 2.00 bits per heavy atom.